The number of pyridine rings is 1. The standard InChI is InChI=1S/C15H10Cl3N5O2/c16-10-12(20)11(17)14(18)22-13(10)15(24)23-21-7-8-1-3-9(4-2-8)25-6-5-19/h1-4,7H,6H2,(H2,20,22)(H,23,24)/p+1/b21-7+. The molecule has 1 aromatic carbocycles. The van der Waals surface area contributed by atoms with E-state index in [1.165, 1.54) is 6.21 Å². The van der Waals surface area contributed by atoms with E-state index in [9.17, 15) is 4.79 Å². The molecule has 10 heteroatoms. The monoisotopic (exact) mass is 398 g/mol. The van der Waals surface area contributed by atoms with Crippen molar-refractivity contribution in [3.63, 3.8) is 0 Å². The van der Waals surface area contributed by atoms with Crippen LogP contribution >= 0.6 is 34.8 Å². The molecule has 0 unspecified atom stereocenters. The summed E-state index contributed by atoms with van der Waals surface area (Å²) in [7, 11) is 0. The zero-order valence-corrected chi connectivity index (χ0v) is 14.8. The minimum atomic E-state index is -0.638. The molecule has 4 N–H and O–H groups in total. The number of nitrogens with one attached hydrogen (secondary N) is 2. The van der Waals surface area contributed by atoms with Crippen LogP contribution in [-0.4, -0.2) is 18.7 Å². The van der Waals surface area contributed by atoms with Gasteiger partial charge in [0.15, 0.2) is 6.61 Å². The van der Waals surface area contributed by atoms with Gasteiger partial charge in [-0.1, -0.05) is 23.2 Å². The molecule has 0 aliphatic heterocycles. The number of nitrogens with two attached hydrogens (primary N) is 1. The molecule has 2 rings (SSSR count). The maximum atomic E-state index is 12.1. The molecule has 7 nitrogen and oxygen atoms in total. The number of nitrogen functional groups attached to an aromatic ring is 1. The molecule has 2 aromatic rings. The Morgan fingerprint density at radius 1 is 1.32 bits per heavy atom. The second-order valence-corrected chi connectivity index (χ2v) is 5.70. The van der Waals surface area contributed by atoms with Crippen molar-refractivity contribution < 1.29 is 14.5 Å². The summed E-state index contributed by atoms with van der Waals surface area (Å²) in [6, 6.07) is 8.63. The highest BCUT2D eigenvalue weighted by molar-refractivity contribution is 6.45. The van der Waals surface area contributed by atoms with E-state index >= 15 is 0 Å². The maximum absolute atomic E-state index is 12.1. The van der Waals surface area contributed by atoms with Crippen LogP contribution < -0.4 is 20.9 Å². The van der Waals surface area contributed by atoms with Crippen LogP contribution in [0.2, 0.25) is 15.2 Å². The van der Waals surface area contributed by atoms with Crippen LogP contribution in [0.25, 0.3) is 0 Å². The predicted octanol–water partition coefficient (Wildman–Crippen LogP) is 2.71. The minimum Gasteiger partial charge on any atom is -0.479 e. The quantitative estimate of drug-likeness (QED) is 0.457. The number of amides is 1. The SMILES string of the molecule is N#CCOc1ccc(/C=N/NC(=O)c2[nH+]c(Cl)c(Cl)c(N)c2Cl)cc1. The fourth-order valence-corrected chi connectivity index (χ4v) is 2.33. The second-order valence-electron chi connectivity index (χ2n) is 4.57. The Morgan fingerprint density at radius 3 is 2.64 bits per heavy atom. The number of rotatable bonds is 5. The summed E-state index contributed by atoms with van der Waals surface area (Å²) in [4.78, 5) is 14.6. The molecule has 0 radical (unpaired) electrons. The summed E-state index contributed by atoms with van der Waals surface area (Å²) in [5.41, 5.74) is 8.60. The number of aromatic nitrogens is 1. The number of hydrogen-bond acceptors (Lipinski definition) is 5. The van der Waals surface area contributed by atoms with E-state index in [-0.39, 0.29) is 33.2 Å². The van der Waals surface area contributed by atoms with E-state index in [2.05, 4.69) is 15.5 Å². The zero-order chi connectivity index (χ0) is 18.4. The number of hydrogen-bond donors (Lipinski definition) is 2. The van der Waals surface area contributed by atoms with E-state index in [1.54, 1.807) is 24.3 Å². The fraction of sp³-hybridized carbons (Fsp3) is 0.0667. The smallest absolute Gasteiger partial charge is 0.337 e. The van der Waals surface area contributed by atoms with Gasteiger partial charge in [-0.05, 0) is 41.4 Å². The van der Waals surface area contributed by atoms with Crippen LogP contribution in [0.3, 0.4) is 0 Å². The summed E-state index contributed by atoms with van der Waals surface area (Å²) in [5.74, 6) is -0.0871. The first-order chi connectivity index (χ1) is 11.9. The Balaban J connectivity index is 2.05. The van der Waals surface area contributed by atoms with Gasteiger partial charge in [-0.3, -0.25) is 4.79 Å². The van der Waals surface area contributed by atoms with Crippen molar-refractivity contribution >= 4 is 52.6 Å². The highest BCUT2D eigenvalue weighted by Crippen LogP contribution is 2.31. The topological polar surface area (TPSA) is 115 Å². The average Bonchev–Trinajstić information content (AvgIpc) is 2.62. The molecule has 0 aliphatic carbocycles. The summed E-state index contributed by atoms with van der Waals surface area (Å²) < 4.78 is 5.13. The average molecular weight is 400 g/mol. The Labute approximate surface area is 158 Å². The first kappa shape index (κ1) is 18.8. The summed E-state index contributed by atoms with van der Waals surface area (Å²) in [6.45, 7) is -0.0342. The minimum absolute atomic E-state index is 0.00540. The van der Waals surface area contributed by atoms with E-state index in [0.29, 0.717) is 11.3 Å². The molecule has 0 saturated heterocycles. The lowest BCUT2D eigenvalue weighted by molar-refractivity contribution is -0.379. The molecule has 0 spiro atoms. The van der Waals surface area contributed by atoms with Gasteiger partial charge in [0.2, 0.25) is 0 Å². The van der Waals surface area contributed by atoms with E-state index in [4.69, 9.17) is 50.5 Å². The lowest BCUT2D eigenvalue weighted by Gasteiger charge is -2.03. The molecule has 0 bridgehead atoms. The van der Waals surface area contributed by atoms with Crippen LogP contribution in [0.5, 0.6) is 5.75 Å². The molecule has 25 heavy (non-hydrogen) atoms. The van der Waals surface area contributed by atoms with Gasteiger partial charge in [0.1, 0.15) is 21.9 Å². The number of carbonyl (C=O) groups excluding carboxylic acids is 1. The Morgan fingerprint density at radius 2 is 2.00 bits per heavy atom. The van der Waals surface area contributed by atoms with Crippen molar-refractivity contribution in [2.75, 3.05) is 12.3 Å². The normalized spacial score (nSPS) is 10.5. The number of halogens is 3. The molecule has 0 fully saturated rings. The summed E-state index contributed by atoms with van der Waals surface area (Å²) in [6.07, 6.45) is 1.42. The van der Waals surface area contributed by atoms with Crippen LogP contribution in [-0.2, 0) is 0 Å². The van der Waals surface area contributed by atoms with Crippen molar-refractivity contribution in [2.24, 2.45) is 5.10 Å². The molecular weight excluding hydrogens is 389 g/mol. The Bertz CT molecular complexity index is 863. The number of anilines is 1. The Hall–Kier alpha value is -2.53. The molecule has 0 atom stereocenters. The zero-order valence-electron chi connectivity index (χ0n) is 12.5. The highest BCUT2D eigenvalue weighted by atomic mass is 35.5. The van der Waals surface area contributed by atoms with Crippen LogP contribution in [0.1, 0.15) is 16.1 Å². The van der Waals surface area contributed by atoms with Gasteiger partial charge in [0.05, 0.1) is 11.9 Å². The van der Waals surface area contributed by atoms with Crippen molar-refractivity contribution in [1.82, 2.24) is 5.43 Å². The molecule has 1 heterocycles. The number of nitriles is 1. The molecule has 1 aromatic heterocycles. The number of carbonyl (C=O) groups is 1. The van der Waals surface area contributed by atoms with Gasteiger partial charge in [-0.25, -0.2) is 5.43 Å². The van der Waals surface area contributed by atoms with Crippen molar-refractivity contribution in [2.45, 2.75) is 0 Å². The first-order valence-corrected chi connectivity index (χ1v) is 7.86. The summed E-state index contributed by atoms with van der Waals surface area (Å²) in [5, 5.41) is 12.2. The molecule has 128 valence electrons. The molecule has 0 saturated carbocycles. The third kappa shape index (κ3) is 4.73. The second kappa shape index (κ2) is 8.53. The van der Waals surface area contributed by atoms with E-state index in [0.717, 1.165) is 0 Å². The van der Waals surface area contributed by atoms with Crippen molar-refractivity contribution in [3.05, 3.63) is 50.7 Å². The number of aromatic amines is 1. The van der Waals surface area contributed by atoms with E-state index < -0.39 is 5.91 Å². The molecule has 1 amide bonds. The van der Waals surface area contributed by atoms with Gasteiger partial charge < -0.3 is 10.5 Å². The third-order valence-electron chi connectivity index (χ3n) is 2.91. The number of ether oxygens (including phenoxy) is 1. The van der Waals surface area contributed by atoms with Gasteiger partial charge >= 0.3 is 5.91 Å². The van der Waals surface area contributed by atoms with Gasteiger partial charge in [0.25, 0.3) is 10.8 Å². The van der Waals surface area contributed by atoms with Gasteiger partial charge in [0, 0.05) is 0 Å². The largest absolute Gasteiger partial charge is 0.479 e. The first-order valence-electron chi connectivity index (χ1n) is 6.72. The number of benzene rings is 1. The highest BCUT2D eigenvalue weighted by Gasteiger charge is 2.25. The van der Waals surface area contributed by atoms with Gasteiger partial charge in [-0.2, -0.15) is 15.3 Å². The number of H-pyrrole nitrogens is 1. The van der Waals surface area contributed by atoms with Gasteiger partial charge in [-0.15, -0.1) is 0 Å². The molecular formula is C15H11Cl3N5O2+. The number of hydrazone groups is 1. The van der Waals surface area contributed by atoms with E-state index in [1.807, 2.05) is 6.07 Å². The fourth-order valence-electron chi connectivity index (χ4n) is 1.71. The lowest BCUT2D eigenvalue weighted by atomic mass is 10.2. The predicted molar refractivity (Wildman–Crippen MR) is 95.1 cm³/mol. The lowest BCUT2D eigenvalue weighted by Crippen LogP contribution is -2.28. The molecule has 0 aliphatic rings. The third-order valence-corrected chi connectivity index (χ3v) is 4.08. The number of nitrogens with zero attached hydrogens (tertiary/aromatic N) is 2. The van der Waals surface area contributed by atoms with Crippen molar-refractivity contribution in [3.8, 4) is 11.8 Å². The maximum Gasteiger partial charge on any atom is 0.337 e. The Kier molecular flexibility index (Phi) is 6.42. The van der Waals surface area contributed by atoms with Crippen LogP contribution in [0.4, 0.5) is 5.69 Å². The van der Waals surface area contributed by atoms with Crippen LogP contribution in [0.15, 0.2) is 29.4 Å². The summed E-state index contributed by atoms with van der Waals surface area (Å²) >= 11 is 17.6. The van der Waals surface area contributed by atoms with Crippen molar-refractivity contribution in [1.29, 1.82) is 5.26 Å². The van der Waals surface area contributed by atoms with Crippen LogP contribution in [0, 0.1) is 11.3 Å².